The highest BCUT2D eigenvalue weighted by molar-refractivity contribution is 6.07. The third-order valence-electron chi connectivity index (χ3n) is 4.79. The number of esters is 2. The van der Waals surface area contributed by atoms with Crippen molar-refractivity contribution >= 4 is 23.7 Å². The lowest BCUT2D eigenvalue weighted by Crippen LogP contribution is -2.48. The number of nitrogens with zero attached hydrogens (tertiary/aromatic N) is 1. The molecule has 10 nitrogen and oxygen atoms in total. The third-order valence-corrected chi connectivity index (χ3v) is 4.79. The molecule has 2 aromatic rings. The Morgan fingerprint density at radius 1 is 0.909 bits per heavy atom. The Morgan fingerprint density at radius 2 is 1.48 bits per heavy atom. The molecule has 0 saturated carbocycles. The summed E-state index contributed by atoms with van der Waals surface area (Å²) in [7, 11) is 0. The zero-order chi connectivity index (χ0) is 24.3. The minimum absolute atomic E-state index is 0.0255. The number of benzene rings is 2. The molecule has 0 spiro atoms. The van der Waals surface area contributed by atoms with Crippen molar-refractivity contribution in [3.8, 4) is 0 Å². The van der Waals surface area contributed by atoms with Crippen LogP contribution in [-0.4, -0.2) is 42.7 Å². The second-order valence-corrected chi connectivity index (χ2v) is 6.86. The molecule has 0 bridgehead atoms. The highest BCUT2D eigenvalue weighted by Crippen LogP contribution is 2.37. The second kappa shape index (κ2) is 12.2. The van der Waals surface area contributed by atoms with Crippen molar-refractivity contribution in [3.63, 3.8) is 0 Å². The molecule has 10 heteroatoms. The summed E-state index contributed by atoms with van der Waals surface area (Å²) in [5.74, 6) is -2.01. The van der Waals surface area contributed by atoms with Gasteiger partial charge in [-0.3, -0.25) is 19.7 Å². The lowest BCUT2D eigenvalue weighted by Gasteiger charge is -2.29. The molecule has 33 heavy (non-hydrogen) atoms. The summed E-state index contributed by atoms with van der Waals surface area (Å²) in [6, 6.07) is 14.4. The highest BCUT2D eigenvalue weighted by Gasteiger charge is 2.53. The van der Waals surface area contributed by atoms with Crippen molar-refractivity contribution < 1.29 is 33.5 Å². The van der Waals surface area contributed by atoms with E-state index in [9.17, 15) is 24.5 Å². The van der Waals surface area contributed by atoms with E-state index < -0.39 is 34.1 Å². The number of rotatable bonds is 11. The van der Waals surface area contributed by atoms with Gasteiger partial charge in [0.1, 0.15) is 6.61 Å². The Bertz CT molecular complexity index is 959. The number of alkyl carbamates (subject to hydrolysis) is 1. The smallest absolute Gasteiger partial charge is 0.407 e. The second-order valence-electron chi connectivity index (χ2n) is 6.86. The van der Waals surface area contributed by atoms with Crippen molar-refractivity contribution in [2.24, 2.45) is 0 Å². The Hall–Kier alpha value is -3.95. The molecule has 2 aromatic carbocycles. The number of amides is 1. The molecule has 0 heterocycles. The quantitative estimate of drug-likeness (QED) is 0.178. The maximum Gasteiger partial charge on any atom is 0.407 e. The number of nitro groups is 1. The van der Waals surface area contributed by atoms with Crippen LogP contribution in [0.3, 0.4) is 0 Å². The van der Waals surface area contributed by atoms with Gasteiger partial charge in [-0.25, -0.2) is 4.79 Å². The van der Waals surface area contributed by atoms with Crippen molar-refractivity contribution in [1.82, 2.24) is 5.32 Å². The predicted molar refractivity (Wildman–Crippen MR) is 117 cm³/mol. The number of carbonyl (C=O) groups is 3. The summed E-state index contributed by atoms with van der Waals surface area (Å²) < 4.78 is 15.4. The summed E-state index contributed by atoms with van der Waals surface area (Å²) in [5.41, 5.74) is -1.99. The van der Waals surface area contributed by atoms with E-state index in [1.54, 1.807) is 38.1 Å². The van der Waals surface area contributed by atoms with Crippen LogP contribution in [0.15, 0.2) is 54.6 Å². The van der Waals surface area contributed by atoms with Gasteiger partial charge in [0.2, 0.25) is 0 Å². The van der Waals surface area contributed by atoms with Crippen LogP contribution in [-0.2, 0) is 35.8 Å². The van der Waals surface area contributed by atoms with Crippen LogP contribution in [0.4, 0.5) is 10.5 Å². The molecular formula is C23H26N2O8. The van der Waals surface area contributed by atoms with Crippen LogP contribution >= 0.6 is 0 Å². The standard InChI is InChI=1S/C23H26N2O8/c1-3-31-20(26)23(21(27)32-4-2,18-12-8-9-13-19(18)25(29)30)14-15-24-22(28)33-16-17-10-6-5-7-11-17/h5-13H,3-4,14-16H2,1-2H3,(H,24,28). The molecule has 1 N–H and O–H groups in total. The molecule has 0 aliphatic rings. The van der Waals surface area contributed by atoms with Crippen molar-refractivity contribution in [3.05, 3.63) is 75.8 Å². The van der Waals surface area contributed by atoms with Gasteiger partial charge in [0.25, 0.3) is 5.69 Å². The summed E-state index contributed by atoms with van der Waals surface area (Å²) in [4.78, 5) is 49.2. The minimum atomic E-state index is -2.15. The largest absolute Gasteiger partial charge is 0.465 e. The molecule has 2 rings (SSSR count). The summed E-state index contributed by atoms with van der Waals surface area (Å²) in [6.07, 6.45) is -1.11. The molecule has 176 valence electrons. The van der Waals surface area contributed by atoms with Gasteiger partial charge in [-0.15, -0.1) is 0 Å². The average Bonchev–Trinajstić information content (AvgIpc) is 2.81. The van der Waals surface area contributed by atoms with Crippen LogP contribution in [0.2, 0.25) is 0 Å². The van der Waals surface area contributed by atoms with E-state index in [1.165, 1.54) is 24.3 Å². The highest BCUT2D eigenvalue weighted by atomic mass is 16.6. The summed E-state index contributed by atoms with van der Waals surface area (Å²) >= 11 is 0. The van der Waals surface area contributed by atoms with Gasteiger partial charge in [-0.2, -0.15) is 0 Å². The zero-order valence-corrected chi connectivity index (χ0v) is 18.4. The van der Waals surface area contributed by atoms with E-state index in [1.807, 2.05) is 6.07 Å². The Morgan fingerprint density at radius 3 is 2.06 bits per heavy atom. The fraction of sp³-hybridized carbons (Fsp3) is 0.348. The van der Waals surface area contributed by atoms with Crippen molar-refractivity contribution in [2.45, 2.75) is 32.3 Å². The number of para-hydroxylation sites is 1. The van der Waals surface area contributed by atoms with Crippen LogP contribution in [0.5, 0.6) is 0 Å². The Balaban J connectivity index is 2.30. The predicted octanol–water partition coefficient (Wildman–Crippen LogP) is 3.28. The monoisotopic (exact) mass is 458 g/mol. The topological polar surface area (TPSA) is 134 Å². The molecule has 0 saturated heterocycles. The normalized spacial score (nSPS) is 10.7. The molecule has 0 radical (unpaired) electrons. The van der Waals surface area contributed by atoms with Gasteiger partial charge in [0, 0.05) is 12.6 Å². The van der Waals surface area contributed by atoms with Crippen LogP contribution in [0.25, 0.3) is 0 Å². The van der Waals surface area contributed by atoms with E-state index in [0.29, 0.717) is 0 Å². The lowest BCUT2D eigenvalue weighted by molar-refractivity contribution is -0.386. The maximum atomic E-state index is 13.1. The number of hydrogen-bond acceptors (Lipinski definition) is 8. The minimum Gasteiger partial charge on any atom is -0.465 e. The number of ether oxygens (including phenoxy) is 3. The average molecular weight is 458 g/mol. The molecule has 0 atom stereocenters. The molecule has 0 unspecified atom stereocenters. The van der Waals surface area contributed by atoms with Gasteiger partial charge in [0.05, 0.1) is 23.7 Å². The summed E-state index contributed by atoms with van der Waals surface area (Å²) in [6.45, 7) is 2.79. The number of hydrogen-bond donors (Lipinski definition) is 1. The van der Waals surface area contributed by atoms with Gasteiger partial charge >= 0.3 is 18.0 Å². The first-order valence-electron chi connectivity index (χ1n) is 10.4. The number of nitro benzene ring substituents is 1. The third kappa shape index (κ3) is 6.28. The Kier molecular flexibility index (Phi) is 9.34. The SMILES string of the molecule is CCOC(=O)C(CCNC(=O)OCc1ccccc1)(C(=O)OCC)c1ccccc1[N+](=O)[O-]. The Labute approximate surface area is 191 Å². The lowest BCUT2D eigenvalue weighted by atomic mass is 9.76. The van der Waals surface area contributed by atoms with Gasteiger partial charge < -0.3 is 19.5 Å². The number of carbonyl (C=O) groups excluding carboxylic acids is 3. The molecule has 1 amide bonds. The van der Waals surface area contributed by atoms with Crippen LogP contribution in [0, 0.1) is 10.1 Å². The van der Waals surface area contributed by atoms with Gasteiger partial charge in [0.15, 0.2) is 5.41 Å². The molecule has 0 aromatic heterocycles. The van der Waals surface area contributed by atoms with Gasteiger partial charge in [-0.1, -0.05) is 48.5 Å². The van der Waals surface area contributed by atoms with E-state index in [4.69, 9.17) is 14.2 Å². The van der Waals surface area contributed by atoms with Gasteiger partial charge in [-0.05, 0) is 25.8 Å². The fourth-order valence-electron chi connectivity index (χ4n) is 3.27. The van der Waals surface area contributed by atoms with E-state index in [0.717, 1.165) is 5.56 Å². The van der Waals surface area contributed by atoms with E-state index in [2.05, 4.69) is 5.32 Å². The van der Waals surface area contributed by atoms with Crippen LogP contribution in [0.1, 0.15) is 31.4 Å². The number of nitrogens with one attached hydrogen (secondary N) is 1. The van der Waals surface area contributed by atoms with Crippen molar-refractivity contribution in [1.29, 1.82) is 0 Å². The molecule has 0 aliphatic carbocycles. The molecular weight excluding hydrogens is 432 g/mol. The van der Waals surface area contributed by atoms with Crippen LogP contribution < -0.4 is 5.32 Å². The maximum absolute atomic E-state index is 13.1. The van der Waals surface area contributed by atoms with Crippen molar-refractivity contribution in [2.75, 3.05) is 19.8 Å². The summed E-state index contributed by atoms with van der Waals surface area (Å²) in [5, 5.41) is 14.1. The zero-order valence-electron chi connectivity index (χ0n) is 18.4. The van der Waals surface area contributed by atoms with E-state index >= 15 is 0 Å². The molecule has 0 aliphatic heterocycles. The first kappa shape index (κ1) is 25.3. The molecule has 0 fully saturated rings. The first-order chi connectivity index (χ1) is 15.9. The van der Waals surface area contributed by atoms with E-state index in [-0.39, 0.29) is 38.3 Å². The fourth-order valence-corrected chi connectivity index (χ4v) is 3.27. The first-order valence-corrected chi connectivity index (χ1v) is 10.4.